The predicted molar refractivity (Wildman–Crippen MR) is 55.7 cm³/mol. The molecule has 4 nitrogen and oxygen atoms in total. The summed E-state index contributed by atoms with van der Waals surface area (Å²) in [5.41, 5.74) is 5.58. The van der Waals surface area contributed by atoms with Crippen molar-refractivity contribution in [2.24, 2.45) is 5.73 Å². The molecule has 2 atom stereocenters. The monoisotopic (exact) mass is 206 g/mol. The van der Waals surface area contributed by atoms with E-state index in [4.69, 9.17) is 10.8 Å². The summed E-state index contributed by atoms with van der Waals surface area (Å²) >= 11 is 1.66. The van der Waals surface area contributed by atoms with Gasteiger partial charge in [-0.15, -0.1) is 0 Å². The lowest BCUT2D eigenvalue weighted by Crippen LogP contribution is -2.43. The summed E-state index contributed by atoms with van der Waals surface area (Å²) in [6, 6.07) is -0.453. The number of amides is 1. The Kier molecular flexibility index (Phi) is 7.03. The van der Waals surface area contributed by atoms with E-state index in [2.05, 4.69) is 5.32 Å². The van der Waals surface area contributed by atoms with E-state index in [0.29, 0.717) is 6.42 Å². The van der Waals surface area contributed by atoms with Gasteiger partial charge in [-0.25, -0.2) is 0 Å². The quantitative estimate of drug-likeness (QED) is 0.551. The fourth-order valence-electron chi connectivity index (χ4n) is 0.755. The molecular weight excluding hydrogens is 188 g/mol. The SMILES string of the molecule is CSCC[C@@H](N)C(=O)NC[C@H](C)O. The van der Waals surface area contributed by atoms with Gasteiger partial charge in [0.2, 0.25) is 5.91 Å². The first-order valence-corrected chi connectivity index (χ1v) is 5.67. The largest absolute Gasteiger partial charge is 0.392 e. The summed E-state index contributed by atoms with van der Waals surface area (Å²) in [7, 11) is 0. The number of aliphatic hydroxyl groups excluding tert-OH is 1. The van der Waals surface area contributed by atoms with E-state index < -0.39 is 12.1 Å². The smallest absolute Gasteiger partial charge is 0.237 e. The fourth-order valence-corrected chi connectivity index (χ4v) is 1.24. The van der Waals surface area contributed by atoms with Crippen LogP contribution >= 0.6 is 11.8 Å². The molecule has 5 heteroatoms. The molecule has 4 N–H and O–H groups in total. The number of carbonyl (C=O) groups is 1. The average molecular weight is 206 g/mol. The third-order valence-corrected chi connectivity index (χ3v) is 2.19. The van der Waals surface area contributed by atoms with Crippen LogP contribution in [0.15, 0.2) is 0 Å². The molecule has 1 amide bonds. The van der Waals surface area contributed by atoms with Crippen LogP contribution in [0.1, 0.15) is 13.3 Å². The van der Waals surface area contributed by atoms with Crippen molar-refractivity contribution in [3.05, 3.63) is 0 Å². The zero-order valence-electron chi connectivity index (χ0n) is 8.12. The lowest BCUT2D eigenvalue weighted by molar-refractivity contribution is -0.122. The minimum atomic E-state index is -0.517. The van der Waals surface area contributed by atoms with E-state index in [0.717, 1.165) is 5.75 Å². The van der Waals surface area contributed by atoms with Crippen molar-refractivity contribution in [3.63, 3.8) is 0 Å². The third-order valence-electron chi connectivity index (χ3n) is 1.54. The van der Waals surface area contributed by atoms with Crippen LogP contribution in [0, 0.1) is 0 Å². The summed E-state index contributed by atoms with van der Waals surface area (Å²) in [6.07, 6.45) is 2.13. The van der Waals surface area contributed by atoms with E-state index in [9.17, 15) is 4.79 Å². The molecule has 0 spiro atoms. The maximum absolute atomic E-state index is 11.2. The Hall–Kier alpha value is -0.260. The second-order valence-electron chi connectivity index (χ2n) is 2.98. The number of rotatable bonds is 6. The van der Waals surface area contributed by atoms with E-state index in [-0.39, 0.29) is 12.5 Å². The molecule has 0 unspecified atom stereocenters. The Morgan fingerprint density at radius 3 is 2.77 bits per heavy atom. The topological polar surface area (TPSA) is 75.4 Å². The second-order valence-corrected chi connectivity index (χ2v) is 3.97. The minimum Gasteiger partial charge on any atom is -0.392 e. The molecule has 13 heavy (non-hydrogen) atoms. The highest BCUT2D eigenvalue weighted by Gasteiger charge is 2.12. The molecule has 0 aliphatic carbocycles. The van der Waals surface area contributed by atoms with Crippen molar-refractivity contribution in [1.82, 2.24) is 5.32 Å². The fraction of sp³-hybridized carbons (Fsp3) is 0.875. The molecule has 0 aliphatic rings. The number of thioether (sulfide) groups is 1. The van der Waals surface area contributed by atoms with Crippen molar-refractivity contribution in [3.8, 4) is 0 Å². The van der Waals surface area contributed by atoms with Gasteiger partial charge in [0.1, 0.15) is 0 Å². The number of nitrogens with two attached hydrogens (primary N) is 1. The molecule has 0 radical (unpaired) electrons. The molecule has 0 rings (SSSR count). The van der Waals surface area contributed by atoms with Crippen molar-refractivity contribution < 1.29 is 9.90 Å². The third kappa shape index (κ3) is 6.86. The highest BCUT2D eigenvalue weighted by molar-refractivity contribution is 7.98. The van der Waals surface area contributed by atoms with Crippen LogP contribution in [0.5, 0.6) is 0 Å². The van der Waals surface area contributed by atoms with Gasteiger partial charge in [0.15, 0.2) is 0 Å². The maximum Gasteiger partial charge on any atom is 0.237 e. The summed E-state index contributed by atoms with van der Waals surface area (Å²) in [5.74, 6) is 0.693. The van der Waals surface area contributed by atoms with Gasteiger partial charge in [0.25, 0.3) is 0 Å². The minimum absolute atomic E-state index is 0.185. The van der Waals surface area contributed by atoms with E-state index in [1.807, 2.05) is 6.26 Å². The van der Waals surface area contributed by atoms with Gasteiger partial charge in [-0.3, -0.25) is 4.79 Å². The Labute approximate surface area is 83.3 Å². The second kappa shape index (κ2) is 7.17. The number of carbonyl (C=O) groups excluding carboxylic acids is 1. The van der Waals surface area contributed by atoms with Crippen molar-refractivity contribution in [1.29, 1.82) is 0 Å². The number of hydrogen-bond acceptors (Lipinski definition) is 4. The lowest BCUT2D eigenvalue weighted by atomic mass is 10.2. The summed E-state index contributed by atoms with van der Waals surface area (Å²) < 4.78 is 0. The van der Waals surface area contributed by atoms with Crippen molar-refractivity contribution in [2.45, 2.75) is 25.5 Å². The van der Waals surface area contributed by atoms with Gasteiger partial charge < -0.3 is 16.2 Å². The molecule has 0 bridgehead atoms. The molecule has 0 saturated carbocycles. The first-order valence-electron chi connectivity index (χ1n) is 4.28. The van der Waals surface area contributed by atoms with Crippen LogP contribution in [-0.4, -0.2) is 41.7 Å². The standard InChI is InChI=1S/C8H18N2O2S/c1-6(11)5-10-8(12)7(9)3-4-13-2/h6-7,11H,3-5,9H2,1-2H3,(H,10,12)/t6-,7+/m0/s1. The molecule has 0 aromatic rings. The van der Waals surface area contributed by atoms with E-state index >= 15 is 0 Å². The van der Waals surface area contributed by atoms with E-state index in [1.54, 1.807) is 18.7 Å². The van der Waals surface area contributed by atoms with Crippen LogP contribution in [0.25, 0.3) is 0 Å². The van der Waals surface area contributed by atoms with E-state index in [1.165, 1.54) is 0 Å². The van der Waals surface area contributed by atoms with Gasteiger partial charge in [0.05, 0.1) is 12.1 Å². The van der Waals surface area contributed by atoms with Gasteiger partial charge >= 0.3 is 0 Å². The molecule has 78 valence electrons. The zero-order valence-corrected chi connectivity index (χ0v) is 8.93. The molecule has 0 aromatic heterocycles. The predicted octanol–water partition coefficient (Wildman–Crippen LogP) is -0.436. The number of aliphatic hydroxyl groups is 1. The molecular formula is C8H18N2O2S. The number of hydrogen-bond donors (Lipinski definition) is 3. The first kappa shape index (κ1) is 12.7. The first-order chi connectivity index (χ1) is 6.07. The van der Waals surface area contributed by atoms with Crippen LogP contribution in [0.4, 0.5) is 0 Å². The van der Waals surface area contributed by atoms with Crippen LogP contribution in [-0.2, 0) is 4.79 Å². The summed E-state index contributed by atoms with van der Waals surface area (Å²) in [6.45, 7) is 1.89. The van der Waals surface area contributed by atoms with Crippen molar-refractivity contribution >= 4 is 17.7 Å². The maximum atomic E-state index is 11.2. The summed E-state index contributed by atoms with van der Waals surface area (Å²) in [4.78, 5) is 11.2. The van der Waals surface area contributed by atoms with Gasteiger partial charge in [0, 0.05) is 6.54 Å². The van der Waals surface area contributed by atoms with Gasteiger partial charge in [-0.2, -0.15) is 11.8 Å². The van der Waals surface area contributed by atoms with Crippen molar-refractivity contribution in [2.75, 3.05) is 18.6 Å². The van der Waals surface area contributed by atoms with Gasteiger partial charge in [-0.05, 0) is 25.4 Å². The lowest BCUT2D eigenvalue weighted by Gasteiger charge is -2.12. The molecule has 0 aliphatic heterocycles. The number of nitrogens with one attached hydrogen (secondary N) is 1. The Morgan fingerprint density at radius 1 is 1.69 bits per heavy atom. The molecule has 0 saturated heterocycles. The Morgan fingerprint density at radius 2 is 2.31 bits per heavy atom. The van der Waals surface area contributed by atoms with Crippen LogP contribution in [0.3, 0.4) is 0 Å². The normalized spacial score (nSPS) is 15.1. The van der Waals surface area contributed by atoms with Crippen LogP contribution in [0.2, 0.25) is 0 Å². The Bertz CT molecular complexity index is 153. The average Bonchev–Trinajstić information content (AvgIpc) is 2.10. The summed E-state index contributed by atoms with van der Waals surface area (Å²) in [5, 5.41) is 11.5. The molecule has 0 fully saturated rings. The Balaban J connectivity index is 3.57. The molecule has 0 aromatic carbocycles. The van der Waals surface area contributed by atoms with Crippen LogP contribution < -0.4 is 11.1 Å². The highest BCUT2D eigenvalue weighted by atomic mass is 32.2. The zero-order chi connectivity index (χ0) is 10.3. The highest BCUT2D eigenvalue weighted by Crippen LogP contribution is 1.98. The molecule has 0 heterocycles. The van der Waals surface area contributed by atoms with Gasteiger partial charge in [-0.1, -0.05) is 0 Å².